The predicted molar refractivity (Wildman–Crippen MR) is 133 cm³/mol. The highest BCUT2D eigenvalue weighted by Crippen LogP contribution is 2.34. The minimum atomic E-state index is -1.50. The average Bonchev–Trinajstić information content (AvgIpc) is 2.88. The summed E-state index contributed by atoms with van der Waals surface area (Å²) in [6, 6.07) is 11.3. The zero-order valence-electron chi connectivity index (χ0n) is 19.9. The molecule has 2 aromatic carbocycles. The van der Waals surface area contributed by atoms with E-state index in [0.29, 0.717) is 48.5 Å². The van der Waals surface area contributed by atoms with Gasteiger partial charge >= 0.3 is 0 Å². The Labute approximate surface area is 222 Å². The van der Waals surface area contributed by atoms with E-state index in [2.05, 4.69) is 0 Å². The molecule has 1 N–H and O–H groups in total. The molecule has 0 aliphatic heterocycles. The van der Waals surface area contributed by atoms with Crippen LogP contribution < -0.4 is 18.9 Å². The highest BCUT2D eigenvalue weighted by Gasteiger charge is 2.19. The van der Waals surface area contributed by atoms with Crippen molar-refractivity contribution in [2.45, 2.75) is 12.8 Å². The molecule has 0 radical (unpaired) electrons. The summed E-state index contributed by atoms with van der Waals surface area (Å²) < 4.78 is 20.9. The maximum absolute atomic E-state index is 10.8. The molecular weight excluding hydrogens is 535 g/mol. The second-order valence-electron chi connectivity index (χ2n) is 6.39. The summed E-state index contributed by atoms with van der Waals surface area (Å²) >= 11 is 11.0. The number of nitro benzene ring substituents is 1. The van der Waals surface area contributed by atoms with Gasteiger partial charge in [-0.05, 0) is 25.0 Å². The van der Waals surface area contributed by atoms with E-state index in [1.54, 1.807) is 31.4 Å². The van der Waals surface area contributed by atoms with E-state index in [1.807, 2.05) is 6.07 Å². The summed E-state index contributed by atoms with van der Waals surface area (Å²) in [5.74, 6) is 2.73. The Balaban J connectivity index is 0.000000619. The molecular formula is C22H24Cl2N4O9. The number of rotatable bonds is 11. The van der Waals surface area contributed by atoms with E-state index >= 15 is 0 Å². The summed E-state index contributed by atoms with van der Waals surface area (Å²) in [4.78, 5) is 18.5. The van der Waals surface area contributed by atoms with E-state index in [1.165, 1.54) is 19.2 Å². The first-order chi connectivity index (χ1) is 17.7. The molecule has 0 aliphatic rings. The molecule has 0 saturated heterocycles. The van der Waals surface area contributed by atoms with Gasteiger partial charge in [0, 0.05) is 23.9 Å². The number of nitro groups is 1. The van der Waals surface area contributed by atoms with E-state index in [0.717, 1.165) is 6.42 Å². The van der Waals surface area contributed by atoms with Crippen LogP contribution in [0, 0.1) is 42.9 Å². The zero-order valence-corrected chi connectivity index (χ0v) is 21.4. The zero-order chi connectivity index (χ0) is 28.2. The third kappa shape index (κ3) is 12.9. The summed E-state index contributed by atoms with van der Waals surface area (Å²) in [5, 5.41) is 42.0. The Kier molecular flexibility index (Phi) is 16.9. The van der Waals surface area contributed by atoms with Crippen molar-refractivity contribution in [3.63, 3.8) is 0 Å². The second-order valence-corrected chi connectivity index (χ2v) is 7.14. The van der Waals surface area contributed by atoms with E-state index in [-0.39, 0.29) is 22.7 Å². The smallest absolute Gasteiger partial charge is 0.291 e. The van der Waals surface area contributed by atoms with E-state index in [4.69, 9.17) is 68.0 Å². The first-order valence-corrected chi connectivity index (χ1v) is 11.3. The van der Waals surface area contributed by atoms with Crippen LogP contribution in [0.2, 0.25) is 0 Å². The maximum atomic E-state index is 10.8. The molecule has 0 bridgehead atoms. The SMILES string of the molecule is COc1cc(C#N)c([N+](=O)[O-])cc1OCCCCl.COc1cc(C#N)ccc1OCCCCl.O=[N+]([O-])O. The normalized spacial score (nSPS) is 9.14. The van der Waals surface area contributed by atoms with Gasteiger partial charge in [0.25, 0.3) is 10.8 Å². The molecule has 0 fully saturated rings. The lowest BCUT2D eigenvalue weighted by molar-refractivity contribution is -0.742. The summed E-state index contributed by atoms with van der Waals surface area (Å²) in [7, 11) is 2.95. The van der Waals surface area contributed by atoms with Gasteiger partial charge < -0.3 is 24.2 Å². The fraction of sp³-hybridized carbons (Fsp3) is 0.364. The number of methoxy groups -OCH3 is 2. The van der Waals surface area contributed by atoms with Crippen molar-refractivity contribution >= 4 is 28.9 Å². The number of ether oxygens (including phenoxy) is 4. The van der Waals surface area contributed by atoms with Crippen LogP contribution >= 0.6 is 23.2 Å². The Morgan fingerprint density at radius 2 is 1.38 bits per heavy atom. The van der Waals surface area contributed by atoms with Gasteiger partial charge in [-0.25, -0.2) is 0 Å². The average molecular weight is 559 g/mol. The van der Waals surface area contributed by atoms with Gasteiger partial charge in [-0.2, -0.15) is 10.5 Å². The lowest BCUT2D eigenvalue weighted by Gasteiger charge is -2.10. The van der Waals surface area contributed by atoms with Gasteiger partial charge in [0.1, 0.15) is 11.6 Å². The van der Waals surface area contributed by atoms with Gasteiger partial charge in [-0.3, -0.25) is 10.1 Å². The molecule has 0 heterocycles. The van der Waals surface area contributed by atoms with Crippen LogP contribution in [0.5, 0.6) is 23.0 Å². The van der Waals surface area contributed by atoms with E-state index < -0.39 is 10.0 Å². The first-order valence-electron chi connectivity index (χ1n) is 10.2. The van der Waals surface area contributed by atoms with Gasteiger partial charge in [-0.1, -0.05) is 0 Å². The molecule has 0 saturated carbocycles. The Morgan fingerprint density at radius 3 is 1.81 bits per heavy atom. The summed E-state index contributed by atoms with van der Waals surface area (Å²) in [6.07, 6.45) is 1.39. The van der Waals surface area contributed by atoms with Crippen molar-refractivity contribution in [2.75, 3.05) is 39.2 Å². The van der Waals surface area contributed by atoms with Crippen molar-refractivity contribution in [1.82, 2.24) is 0 Å². The van der Waals surface area contributed by atoms with Crippen molar-refractivity contribution in [2.24, 2.45) is 0 Å². The van der Waals surface area contributed by atoms with Crippen molar-refractivity contribution in [1.29, 1.82) is 10.5 Å². The molecule has 37 heavy (non-hydrogen) atoms. The highest BCUT2D eigenvalue weighted by molar-refractivity contribution is 6.18. The van der Waals surface area contributed by atoms with Crippen LogP contribution in [-0.4, -0.2) is 54.4 Å². The number of hydrogen-bond acceptors (Lipinski definition) is 10. The summed E-state index contributed by atoms with van der Waals surface area (Å²) in [5.41, 5.74) is 0.178. The van der Waals surface area contributed by atoms with Crippen LogP contribution in [0.3, 0.4) is 0 Å². The third-order valence-electron chi connectivity index (χ3n) is 3.96. The molecule has 2 aromatic rings. The van der Waals surface area contributed by atoms with E-state index in [9.17, 15) is 10.1 Å². The second kappa shape index (κ2) is 19.0. The fourth-order valence-corrected chi connectivity index (χ4v) is 2.61. The topological polar surface area (TPSA) is 191 Å². The Hall–Kier alpha value is -4.20. The van der Waals surface area contributed by atoms with Gasteiger partial charge in [0.15, 0.2) is 23.0 Å². The molecule has 200 valence electrons. The van der Waals surface area contributed by atoms with Crippen LogP contribution in [0.25, 0.3) is 0 Å². The largest absolute Gasteiger partial charge is 0.493 e. The van der Waals surface area contributed by atoms with Gasteiger partial charge in [0.05, 0.1) is 50.1 Å². The lowest BCUT2D eigenvalue weighted by Crippen LogP contribution is -2.02. The number of nitrogens with zero attached hydrogens (tertiary/aromatic N) is 4. The van der Waals surface area contributed by atoms with Crippen molar-refractivity contribution in [3.8, 4) is 35.1 Å². The van der Waals surface area contributed by atoms with Crippen molar-refractivity contribution < 1.29 is 34.2 Å². The molecule has 13 nitrogen and oxygen atoms in total. The number of halogens is 2. The van der Waals surface area contributed by atoms with Gasteiger partial charge in [0.2, 0.25) is 0 Å². The van der Waals surface area contributed by atoms with Gasteiger partial charge in [-0.15, -0.1) is 33.3 Å². The molecule has 0 unspecified atom stereocenters. The standard InChI is InChI=1S/C11H11ClN2O4.C11H12ClNO2.HNO3/c1-17-10-5-8(7-13)9(14(15)16)6-11(10)18-4-2-3-12;1-14-11-7-9(8-13)3-4-10(11)15-6-2-5-12;2-1(3)4/h5-6H,2-4H2,1H3;3-4,7H,2,5-6H2,1H3;(H,2,3,4). The molecule has 0 aromatic heterocycles. The molecule has 0 spiro atoms. The molecule has 0 amide bonds. The minimum absolute atomic E-state index is 0.0680. The number of nitriles is 2. The number of hydrogen-bond donors (Lipinski definition) is 1. The highest BCUT2D eigenvalue weighted by atomic mass is 35.5. The minimum Gasteiger partial charge on any atom is -0.493 e. The van der Waals surface area contributed by atoms with Crippen LogP contribution in [-0.2, 0) is 0 Å². The number of benzene rings is 2. The monoisotopic (exact) mass is 558 g/mol. The molecule has 15 heteroatoms. The Morgan fingerprint density at radius 1 is 0.865 bits per heavy atom. The molecule has 0 aliphatic carbocycles. The van der Waals surface area contributed by atoms with Crippen molar-refractivity contribution in [3.05, 3.63) is 61.7 Å². The first kappa shape index (κ1) is 32.8. The predicted octanol–water partition coefficient (Wildman–Crippen LogP) is 4.71. The van der Waals surface area contributed by atoms with Crippen LogP contribution in [0.1, 0.15) is 24.0 Å². The maximum Gasteiger partial charge on any atom is 0.291 e. The summed E-state index contributed by atoms with van der Waals surface area (Å²) in [6.45, 7) is 0.870. The van der Waals surface area contributed by atoms with Crippen LogP contribution in [0.15, 0.2) is 30.3 Å². The number of alkyl halides is 2. The Bertz CT molecular complexity index is 1100. The molecule has 2 rings (SSSR count). The quantitative estimate of drug-likeness (QED) is 0.174. The lowest BCUT2D eigenvalue weighted by atomic mass is 10.1. The third-order valence-corrected chi connectivity index (χ3v) is 4.50. The molecule has 0 atom stereocenters. The fourth-order valence-electron chi connectivity index (χ4n) is 2.39. The van der Waals surface area contributed by atoms with Crippen LogP contribution in [0.4, 0.5) is 5.69 Å².